The van der Waals surface area contributed by atoms with Gasteiger partial charge in [0.05, 0.1) is 36.2 Å². The number of hydrogen-bond donors (Lipinski definition) is 0. The fraction of sp³-hybridized carbons (Fsp3) is 0.300. The quantitative estimate of drug-likeness (QED) is 0.460. The first-order valence-electron chi connectivity index (χ1n) is 9.59. The van der Waals surface area contributed by atoms with E-state index >= 15 is 4.39 Å². The minimum absolute atomic E-state index is 0.0656. The van der Waals surface area contributed by atoms with Crippen molar-refractivity contribution in [2.24, 2.45) is 0 Å². The predicted octanol–water partition coefficient (Wildman–Crippen LogP) is 3.72. The Bertz CT molecular complexity index is 1360. The van der Waals surface area contributed by atoms with E-state index in [0.29, 0.717) is 15.4 Å². The Morgan fingerprint density at radius 2 is 1.81 bits per heavy atom. The summed E-state index contributed by atoms with van der Waals surface area (Å²) in [6.45, 7) is 0. The van der Waals surface area contributed by atoms with Crippen LogP contribution in [0.4, 0.5) is 4.39 Å². The molecule has 0 fully saturated rings. The zero-order chi connectivity index (χ0) is 21.7. The molecule has 0 radical (unpaired) electrons. The summed E-state index contributed by atoms with van der Waals surface area (Å²) in [5.74, 6) is 0.0131. The molecule has 0 aliphatic heterocycles. The third kappa shape index (κ3) is 3.26. The van der Waals surface area contributed by atoms with Crippen molar-refractivity contribution in [1.82, 2.24) is 24.3 Å². The van der Waals surface area contributed by atoms with E-state index in [-0.39, 0.29) is 28.3 Å². The maximum atomic E-state index is 15.0. The average molecular weight is 462 g/mol. The normalized spacial score (nSPS) is 13.4. The molecule has 160 valence electrons. The predicted molar refractivity (Wildman–Crippen MR) is 115 cm³/mol. The number of halogens is 2. The molecule has 0 atom stereocenters. The molecule has 3 aromatic heterocycles. The van der Waals surface area contributed by atoms with Crippen molar-refractivity contribution in [3.05, 3.63) is 50.1 Å². The highest BCUT2D eigenvalue weighted by Gasteiger charge is 2.23. The molecule has 1 aliphatic carbocycles. The molecule has 0 spiro atoms. The number of fused-ring (bicyclic) bond motifs is 2. The largest absolute Gasteiger partial charge is 0.481 e. The van der Waals surface area contributed by atoms with Gasteiger partial charge in [0.1, 0.15) is 16.7 Å². The molecule has 11 heteroatoms. The molecule has 0 bridgehead atoms. The van der Waals surface area contributed by atoms with Gasteiger partial charge in [0.25, 0.3) is 0 Å². The van der Waals surface area contributed by atoms with Crippen molar-refractivity contribution in [2.75, 3.05) is 14.2 Å². The van der Waals surface area contributed by atoms with Gasteiger partial charge in [0, 0.05) is 5.56 Å². The van der Waals surface area contributed by atoms with Gasteiger partial charge >= 0.3 is 4.87 Å². The minimum atomic E-state index is -0.521. The van der Waals surface area contributed by atoms with E-state index in [9.17, 15) is 4.79 Å². The number of methoxy groups -OCH3 is 2. The smallest absolute Gasteiger partial charge is 0.315 e. The maximum absolute atomic E-state index is 15.0. The molecule has 0 N–H and O–H groups in total. The van der Waals surface area contributed by atoms with Crippen LogP contribution in [0.5, 0.6) is 11.8 Å². The second-order valence-electron chi connectivity index (χ2n) is 7.06. The molecule has 0 unspecified atom stereocenters. The Labute approximate surface area is 184 Å². The first-order chi connectivity index (χ1) is 15.0. The van der Waals surface area contributed by atoms with E-state index in [4.69, 9.17) is 21.1 Å². The van der Waals surface area contributed by atoms with E-state index in [1.807, 2.05) is 0 Å². The summed E-state index contributed by atoms with van der Waals surface area (Å²) in [7, 11) is 2.91. The highest BCUT2D eigenvalue weighted by atomic mass is 35.5. The molecule has 0 saturated carbocycles. The van der Waals surface area contributed by atoms with Crippen LogP contribution < -0.4 is 14.3 Å². The molecule has 1 aromatic carbocycles. The van der Waals surface area contributed by atoms with Crippen molar-refractivity contribution >= 4 is 33.2 Å². The number of benzene rings is 1. The second-order valence-corrected chi connectivity index (χ2v) is 8.41. The summed E-state index contributed by atoms with van der Waals surface area (Å²) < 4.78 is 28.6. The van der Waals surface area contributed by atoms with Crippen LogP contribution in [0.2, 0.25) is 5.15 Å². The number of rotatable bonds is 4. The Morgan fingerprint density at radius 3 is 2.48 bits per heavy atom. The van der Waals surface area contributed by atoms with Gasteiger partial charge in [-0.25, -0.2) is 13.6 Å². The second kappa shape index (κ2) is 7.61. The van der Waals surface area contributed by atoms with Crippen LogP contribution in [-0.2, 0) is 12.8 Å². The first-order valence-corrected chi connectivity index (χ1v) is 10.8. The molecule has 5 rings (SSSR count). The van der Waals surface area contributed by atoms with Crippen molar-refractivity contribution in [3.8, 4) is 23.4 Å². The third-order valence-corrected chi connectivity index (χ3v) is 6.55. The molecule has 0 amide bonds. The monoisotopic (exact) mass is 461 g/mol. The Kier molecular flexibility index (Phi) is 4.90. The fourth-order valence-corrected chi connectivity index (χ4v) is 4.96. The van der Waals surface area contributed by atoms with Crippen LogP contribution in [0.25, 0.3) is 21.9 Å². The van der Waals surface area contributed by atoms with Gasteiger partial charge in [-0.1, -0.05) is 22.9 Å². The summed E-state index contributed by atoms with van der Waals surface area (Å²) in [5.41, 5.74) is 2.44. The molecule has 1 aliphatic rings. The number of thiazole rings is 1. The van der Waals surface area contributed by atoms with Crippen LogP contribution in [-0.4, -0.2) is 38.5 Å². The van der Waals surface area contributed by atoms with Gasteiger partial charge in [-0.15, -0.1) is 0 Å². The standard InChI is InChI=1S/C20H17ClFN5O3S/c1-29-16-9-17(30-2)24-19(23-16)26-14-8-13(11(22)7-15(14)31-20(26)28)27-18(21)10-5-3-4-6-12(10)25-27/h7-9H,3-6H2,1-2H3. The van der Waals surface area contributed by atoms with Crippen LogP contribution in [0.3, 0.4) is 0 Å². The SMILES string of the molecule is COc1cc(OC)nc(-n2c(=O)sc3cc(F)c(-n4nc5c(c4Cl)CCCC5)cc32)n1. The molecule has 3 heterocycles. The van der Waals surface area contributed by atoms with Crippen molar-refractivity contribution in [3.63, 3.8) is 0 Å². The lowest BCUT2D eigenvalue weighted by molar-refractivity contribution is 0.370. The highest BCUT2D eigenvalue weighted by molar-refractivity contribution is 7.16. The summed E-state index contributed by atoms with van der Waals surface area (Å²) in [5, 5.41) is 4.94. The fourth-order valence-electron chi connectivity index (χ4n) is 3.75. The summed E-state index contributed by atoms with van der Waals surface area (Å²) >= 11 is 7.44. The number of nitrogens with zero attached hydrogens (tertiary/aromatic N) is 5. The first kappa shape index (κ1) is 20.0. The van der Waals surface area contributed by atoms with Crippen LogP contribution in [0.1, 0.15) is 24.1 Å². The van der Waals surface area contributed by atoms with Gasteiger partial charge in [0.2, 0.25) is 17.7 Å². The minimum Gasteiger partial charge on any atom is -0.481 e. The Hall–Kier alpha value is -2.98. The van der Waals surface area contributed by atoms with E-state index in [1.165, 1.54) is 35.6 Å². The van der Waals surface area contributed by atoms with Gasteiger partial charge < -0.3 is 9.47 Å². The third-order valence-electron chi connectivity index (χ3n) is 5.26. The van der Waals surface area contributed by atoms with Gasteiger partial charge in [-0.2, -0.15) is 15.1 Å². The topological polar surface area (TPSA) is 84.1 Å². The van der Waals surface area contributed by atoms with Crippen molar-refractivity contribution in [1.29, 1.82) is 0 Å². The number of ether oxygens (including phenoxy) is 2. The maximum Gasteiger partial charge on any atom is 0.315 e. The van der Waals surface area contributed by atoms with Crippen molar-refractivity contribution in [2.45, 2.75) is 25.7 Å². The molecule has 8 nitrogen and oxygen atoms in total. The average Bonchev–Trinajstić information content (AvgIpc) is 3.28. The van der Waals surface area contributed by atoms with E-state index < -0.39 is 5.82 Å². The lowest BCUT2D eigenvalue weighted by atomic mass is 9.99. The molecule has 0 saturated heterocycles. The zero-order valence-corrected chi connectivity index (χ0v) is 18.3. The molecular formula is C20H17ClFN5O3S. The lowest BCUT2D eigenvalue weighted by Crippen LogP contribution is -2.14. The molecular weight excluding hydrogens is 445 g/mol. The van der Waals surface area contributed by atoms with Gasteiger partial charge in [-0.05, 0) is 37.8 Å². The van der Waals surface area contributed by atoms with Gasteiger partial charge in [0.15, 0.2) is 0 Å². The van der Waals surface area contributed by atoms with Crippen molar-refractivity contribution < 1.29 is 13.9 Å². The Balaban J connectivity index is 1.74. The number of aryl methyl sites for hydroxylation is 1. The highest BCUT2D eigenvalue weighted by Crippen LogP contribution is 2.33. The lowest BCUT2D eigenvalue weighted by Gasteiger charge is -2.09. The van der Waals surface area contributed by atoms with Gasteiger partial charge in [-0.3, -0.25) is 4.79 Å². The van der Waals surface area contributed by atoms with Crippen LogP contribution in [0, 0.1) is 5.82 Å². The number of hydrogen-bond acceptors (Lipinski definition) is 7. The Morgan fingerprint density at radius 1 is 1.10 bits per heavy atom. The summed E-state index contributed by atoms with van der Waals surface area (Å²) in [6, 6.07) is 4.35. The van der Waals surface area contributed by atoms with E-state index in [0.717, 1.165) is 48.3 Å². The zero-order valence-electron chi connectivity index (χ0n) is 16.7. The summed E-state index contributed by atoms with van der Waals surface area (Å²) in [4.78, 5) is 20.9. The van der Waals surface area contributed by atoms with Crippen LogP contribution >= 0.6 is 22.9 Å². The summed E-state index contributed by atoms with van der Waals surface area (Å²) in [6.07, 6.45) is 3.69. The van der Waals surface area contributed by atoms with E-state index in [1.54, 1.807) is 6.07 Å². The molecule has 4 aromatic rings. The van der Waals surface area contributed by atoms with Crippen LogP contribution in [0.15, 0.2) is 23.0 Å². The number of aromatic nitrogens is 5. The molecule has 31 heavy (non-hydrogen) atoms. The van der Waals surface area contributed by atoms with E-state index in [2.05, 4.69) is 15.1 Å².